The highest BCUT2D eigenvalue weighted by atomic mass is 32.2. The minimum atomic E-state index is -3.55. The maximum Gasteiger partial charge on any atom is 0.244 e. The second-order valence-electron chi connectivity index (χ2n) is 7.14. The highest BCUT2D eigenvalue weighted by Gasteiger charge is 2.39. The first kappa shape index (κ1) is 18.8. The molecule has 2 aliphatic rings. The number of sulfonamides is 1. The molecule has 142 valence electrons. The molecular weight excluding hydrogens is 340 g/mol. The van der Waals surface area contributed by atoms with E-state index in [2.05, 4.69) is 14.7 Å². The van der Waals surface area contributed by atoms with Crippen LogP contribution >= 0.6 is 0 Å². The van der Waals surface area contributed by atoms with Gasteiger partial charge in [-0.3, -0.25) is 9.58 Å². The lowest BCUT2D eigenvalue weighted by atomic mass is 9.80. The summed E-state index contributed by atoms with van der Waals surface area (Å²) >= 11 is 0. The van der Waals surface area contributed by atoms with E-state index in [0.717, 1.165) is 52.0 Å². The normalized spacial score (nSPS) is 22.2. The van der Waals surface area contributed by atoms with Crippen molar-refractivity contribution in [3.63, 3.8) is 0 Å². The van der Waals surface area contributed by atoms with Crippen LogP contribution in [0.2, 0.25) is 0 Å². The molecule has 7 nitrogen and oxygen atoms in total. The topological polar surface area (TPSA) is 76.5 Å². The molecule has 1 aromatic rings. The molecule has 0 aromatic carbocycles. The monoisotopic (exact) mass is 370 g/mol. The quantitative estimate of drug-likeness (QED) is 0.822. The maximum atomic E-state index is 12.8. The van der Waals surface area contributed by atoms with E-state index in [9.17, 15) is 8.42 Å². The Hall–Kier alpha value is -0.960. The molecule has 0 atom stereocenters. The van der Waals surface area contributed by atoms with E-state index in [0.29, 0.717) is 23.7 Å². The van der Waals surface area contributed by atoms with Crippen LogP contribution in [0, 0.1) is 6.92 Å². The first-order chi connectivity index (χ1) is 12.0. The molecule has 1 saturated carbocycles. The van der Waals surface area contributed by atoms with Crippen molar-refractivity contribution in [1.29, 1.82) is 0 Å². The molecule has 25 heavy (non-hydrogen) atoms. The van der Waals surface area contributed by atoms with Gasteiger partial charge in [0.2, 0.25) is 10.0 Å². The third-order valence-corrected chi connectivity index (χ3v) is 7.08. The Kier molecular flexibility index (Phi) is 5.82. The summed E-state index contributed by atoms with van der Waals surface area (Å²) in [6.45, 7) is 8.06. The number of hydrogen-bond donors (Lipinski definition) is 1. The third kappa shape index (κ3) is 4.07. The van der Waals surface area contributed by atoms with Gasteiger partial charge in [-0.25, -0.2) is 13.1 Å². The average Bonchev–Trinajstić information content (AvgIpc) is 3.04. The number of aryl methyl sites for hydroxylation is 2. The molecule has 1 saturated heterocycles. The van der Waals surface area contributed by atoms with E-state index in [1.54, 1.807) is 17.8 Å². The SMILES string of the molecule is CCn1cc(S(=O)(=O)NCC2(N3CCOCC3)CCCCC2)c(C)n1. The summed E-state index contributed by atoms with van der Waals surface area (Å²) < 4.78 is 35.7. The standard InChI is InChI=1S/C17H30N4O3S/c1-3-21-13-16(15(2)19-21)25(22,23)18-14-17(7-5-4-6-8-17)20-9-11-24-12-10-20/h13,18H,3-12,14H2,1-2H3. The summed E-state index contributed by atoms with van der Waals surface area (Å²) in [5.41, 5.74) is 0.474. The van der Waals surface area contributed by atoms with Gasteiger partial charge < -0.3 is 4.74 Å². The zero-order valence-corrected chi connectivity index (χ0v) is 16.1. The minimum absolute atomic E-state index is 0.0796. The Morgan fingerprint density at radius 1 is 1.24 bits per heavy atom. The van der Waals surface area contributed by atoms with Crippen molar-refractivity contribution < 1.29 is 13.2 Å². The van der Waals surface area contributed by atoms with E-state index in [-0.39, 0.29) is 5.54 Å². The highest BCUT2D eigenvalue weighted by Crippen LogP contribution is 2.34. The van der Waals surface area contributed by atoms with Crippen molar-refractivity contribution in [2.75, 3.05) is 32.8 Å². The van der Waals surface area contributed by atoms with Gasteiger partial charge in [0.25, 0.3) is 0 Å². The van der Waals surface area contributed by atoms with Gasteiger partial charge in [-0.2, -0.15) is 5.10 Å². The number of morpholine rings is 1. The predicted molar refractivity (Wildman–Crippen MR) is 96.0 cm³/mol. The van der Waals surface area contributed by atoms with Crippen molar-refractivity contribution in [2.24, 2.45) is 0 Å². The van der Waals surface area contributed by atoms with E-state index < -0.39 is 10.0 Å². The molecule has 1 aliphatic carbocycles. The summed E-state index contributed by atoms with van der Waals surface area (Å²) in [6.07, 6.45) is 7.27. The lowest BCUT2D eigenvalue weighted by Gasteiger charge is -2.48. The van der Waals surface area contributed by atoms with Crippen molar-refractivity contribution in [3.05, 3.63) is 11.9 Å². The van der Waals surface area contributed by atoms with Crippen molar-refractivity contribution in [1.82, 2.24) is 19.4 Å². The number of hydrogen-bond acceptors (Lipinski definition) is 5. The van der Waals surface area contributed by atoms with E-state index in [4.69, 9.17) is 4.74 Å². The fraction of sp³-hybridized carbons (Fsp3) is 0.824. The minimum Gasteiger partial charge on any atom is -0.379 e. The Morgan fingerprint density at radius 3 is 2.52 bits per heavy atom. The number of nitrogens with zero attached hydrogens (tertiary/aromatic N) is 3. The number of aromatic nitrogens is 2. The van der Waals surface area contributed by atoms with Crippen molar-refractivity contribution in [3.8, 4) is 0 Å². The Bertz CT molecular complexity index is 674. The van der Waals surface area contributed by atoms with Gasteiger partial charge in [-0.1, -0.05) is 19.3 Å². The molecule has 2 fully saturated rings. The van der Waals surface area contributed by atoms with Crippen molar-refractivity contribution >= 4 is 10.0 Å². The van der Waals surface area contributed by atoms with Crippen LogP contribution in [0.1, 0.15) is 44.7 Å². The summed E-state index contributed by atoms with van der Waals surface area (Å²) in [4.78, 5) is 2.74. The lowest BCUT2D eigenvalue weighted by molar-refractivity contribution is -0.0348. The molecular formula is C17H30N4O3S. The van der Waals surface area contributed by atoms with Gasteiger partial charge in [-0.15, -0.1) is 0 Å². The number of rotatable bonds is 6. The fourth-order valence-corrected chi connectivity index (χ4v) is 5.39. The van der Waals surface area contributed by atoms with Crippen LogP contribution in [-0.2, 0) is 21.3 Å². The first-order valence-electron chi connectivity index (χ1n) is 9.33. The smallest absolute Gasteiger partial charge is 0.244 e. The fourth-order valence-electron chi connectivity index (χ4n) is 4.08. The molecule has 1 aliphatic heterocycles. The summed E-state index contributed by atoms with van der Waals surface area (Å²) in [7, 11) is -3.55. The molecule has 0 spiro atoms. The molecule has 2 heterocycles. The summed E-state index contributed by atoms with van der Waals surface area (Å²) in [5, 5.41) is 4.27. The van der Waals surface area contributed by atoms with Crippen LogP contribution in [0.15, 0.2) is 11.1 Å². The van der Waals surface area contributed by atoms with Crippen LogP contribution in [0.4, 0.5) is 0 Å². The average molecular weight is 371 g/mol. The molecule has 1 N–H and O–H groups in total. The maximum absolute atomic E-state index is 12.8. The lowest BCUT2D eigenvalue weighted by Crippen LogP contribution is -2.59. The third-order valence-electron chi connectivity index (χ3n) is 5.57. The van der Waals surface area contributed by atoms with Crippen LogP contribution in [0.25, 0.3) is 0 Å². The van der Waals surface area contributed by atoms with Gasteiger partial charge in [0.1, 0.15) is 4.90 Å². The van der Waals surface area contributed by atoms with Crippen LogP contribution in [0.3, 0.4) is 0 Å². The first-order valence-corrected chi connectivity index (χ1v) is 10.8. The molecule has 0 bridgehead atoms. The van der Waals surface area contributed by atoms with E-state index in [1.165, 1.54) is 6.42 Å². The molecule has 0 amide bonds. The second kappa shape index (κ2) is 7.73. The van der Waals surface area contributed by atoms with E-state index >= 15 is 0 Å². The Balaban J connectivity index is 1.76. The van der Waals surface area contributed by atoms with Crippen LogP contribution in [0.5, 0.6) is 0 Å². The van der Waals surface area contributed by atoms with Gasteiger partial charge in [-0.05, 0) is 26.7 Å². The van der Waals surface area contributed by atoms with Crippen LogP contribution < -0.4 is 4.72 Å². The van der Waals surface area contributed by atoms with Gasteiger partial charge in [0.15, 0.2) is 0 Å². The molecule has 3 rings (SSSR count). The van der Waals surface area contributed by atoms with E-state index in [1.807, 2.05) is 6.92 Å². The van der Waals surface area contributed by atoms with Crippen molar-refractivity contribution in [2.45, 2.75) is 62.9 Å². The Morgan fingerprint density at radius 2 is 1.92 bits per heavy atom. The zero-order chi connectivity index (χ0) is 17.9. The van der Waals surface area contributed by atoms with Gasteiger partial charge in [0.05, 0.1) is 18.9 Å². The zero-order valence-electron chi connectivity index (χ0n) is 15.3. The summed E-state index contributed by atoms with van der Waals surface area (Å²) in [6, 6.07) is 0. The molecule has 0 unspecified atom stereocenters. The molecule has 0 radical (unpaired) electrons. The highest BCUT2D eigenvalue weighted by molar-refractivity contribution is 7.89. The largest absolute Gasteiger partial charge is 0.379 e. The molecule has 1 aromatic heterocycles. The van der Waals surface area contributed by atoms with Gasteiger partial charge >= 0.3 is 0 Å². The van der Waals surface area contributed by atoms with Gasteiger partial charge in [0, 0.05) is 37.9 Å². The number of nitrogens with one attached hydrogen (secondary N) is 1. The Labute approximate surface area is 150 Å². The number of ether oxygens (including phenoxy) is 1. The molecule has 8 heteroatoms. The predicted octanol–water partition coefficient (Wildman–Crippen LogP) is 1.52. The van der Waals surface area contributed by atoms with Crippen LogP contribution in [-0.4, -0.2) is 61.5 Å². The summed E-state index contributed by atoms with van der Waals surface area (Å²) in [5.74, 6) is 0. The second-order valence-corrected chi connectivity index (χ2v) is 8.88.